The molecule has 0 spiro atoms. The predicted molar refractivity (Wildman–Crippen MR) is 151 cm³/mol. The van der Waals surface area contributed by atoms with Crippen LogP contribution in [0.15, 0.2) is 48.5 Å². The first-order valence-corrected chi connectivity index (χ1v) is 14.4. The molecule has 2 aromatic carbocycles. The molecular weight excluding hydrogens is 522 g/mol. The Labute approximate surface area is 237 Å². The number of aromatic nitrogens is 1. The highest BCUT2D eigenvalue weighted by atomic mass is 16.5. The van der Waals surface area contributed by atoms with Crippen LogP contribution < -0.4 is 15.0 Å². The molecular formula is C31H33N5O5. The van der Waals surface area contributed by atoms with Gasteiger partial charge in [0, 0.05) is 56.6 Å². The largest absolute Gasteiger partial charge is 0.489 e. The zero-order valence-electron chi connectivity index (χ0n) is 22.8. The molecule has 7 rings (SSSR count). The lowest BCUT2D eigenvalue weighted by molar-refractivity contribution is -0.136. The number of nitrogens with zero attached hydrogens (tertiary/aromatic N) is 4. The average Bonchev–Trinajstić information content (AvgIpc) is 3.67. The summed E-state index contributed by atoms with van der Waals surface area (Å²) >= 11 is 0. The summed E-state index contributed by atoms with van der Waals surface area (Å²) in [6.07, 6.45) is 2.07. The molecule has 1 unspecified atom stereocenters. The lowest BCUT2D eigenvalue weighted by atomic mass is 10.0. The number of fused-ring (bicyclic) bond motifs is 2. The zero-order valence-corrected chi connectivity index (χ0v) is 22.8. The molecule has 10 heteroatoms. The van der Waals surface area contributed by atoms with E-state index in [0.717, 1.165) is 67.1 Å². The number of β-amino-alcohol motifs (C(OH)–C–C–N with tert-alkyl or cyclic N) is 1. The van der Waals surface area contributed by atoms with Gasteiger partial charge >= 0.3 is 0 Å². The van der Waals surface area contributed by atoms with Crippen LogP contribution in [0.4, 0.5) is 5.82 Å². The number of pyridine rings is 1. The minimum Gasteiger partial charge on any atom is -0.489 e. The van der Waals surface area contributed by atoms with Gasteiger partial charge in [-0.2, -0.15) is 0 Å². The molecule has 3 amide bonds. The molecule has 3 saturated heterocycles. The number of carbonyl (C=O) groups excluding carboxylic acids is 3. The van der Waals surface area contributed by atoms with Crippen molar-refractivity contribution in [1.82, 2.24) is 20.1 Å². The summed E-state index contributed by atoms with van der Waals surface area (Å²) in [5.41, 5.74) is 3.63. The SMILES string of the molecule is O=C1CCC(N2Cc3cc(O[C@H]4CCN(Cc5ccc6nc(N7CC[C@H](O)C7)ccc6c5)C4)ccc3C2=O)C(=O)N1. The van der Waals surface area contributed by atoms with Gasteiger partial charge in [0.2, 0.25) is 11.8 Å². The normalized spacial score (nSPS) is 24.8. The molecule has 1 aromatic heterocycles. The van der Waals surface area contributed by atoms with E-state index in [9.17, 15) is 19.5 Å². The number of rotatable bonds is 6. The summed E-state index contributed by atoms with van der Waals surface area (Å²) in [5.74, 6) is 0.778. The van der Waals surface area contributed by atoms with Gasteiger partial charge in [0.05, 0.1) is 11.6 Å². The Bertz CT molecular complexity index is 1540. The maximum absolute atomic E-state index is 13.0. The Balaban J connectivity index is 0.960. The number of aliphatic hydroxyl groups is 1. The second kappa shape index (κ2) is 10.4. The minimum atomic E-state index is -0.618. The highest BCUT2D eigenvalue weighted by Crippen LogP contribution is 2.31. The lowest BCUT2D eigenvalue weighted by Gasteiger charge is -2.29. The van der Waals surface area contributed by atoms with Gasteiger partial charge in [0.25, 0.3) is 5.91 Å². The van der Waals surface area contributed by atoms with Crippen molar-refractivity contribution >= 4 is 34.4 Å². The second-order valence-corrected chi connectivity index (χ2v) is 11.6. The fraction of sp³-hybridized carbons (Fsp3) is 0.419. The number of anilines is 1. The van der Waals surface area contributed by atoms with Gasteiger partial charge in [0.1, 0.15) is 23.7 Å². The van der Waals surface area contributed by atoms with E-state index in [-0.39, 0.29) is 30.4 Å². The van der Waals surface area contributed by atoms with Gasteiger partial charge in [-0.25, -0.2) is 4.98 Å². The molecule has 3 aromatic rings. The number of likely N-dealkylation sites (tertiary alicyclic amines) is 1. The average molecular weight is 556 g/mol. The standard InChI is InChI=1S/C31H33N5O5/c37-22-9-12-35(17-22)28-7-2-20-13-19(1-5-26(20)32-28)15-34-11-10-24(18-34)41-23-3-4-25-21(14-23)16-36(31(25)40)27-6-8-29(38)33-30(27)39/h1-5,7,13-14,22,24,27,37H,6,8-12,15-18H2,(H,33,38,39)/t22-,24-,27?/m0/s1. The van der Waals surface area contributed by atoms with Crippen LogP contribution in [0.3, 0.4) is 0 Å². The van der Waals surface area contributed by atoms with Crippen molar-refractivity contribution in [2.24, 2.45) is 0 Å². The smallest absolute Gasteiger partial charge is 0.255 e. The minimum absolute atomic E-state index is 0.0527. The monoisotopic (exact) mass is 555 g/mol. The van der Waals surface area contributed by atoms with E-state index in [2.05, 4.69) is 39.4 Å². The molecule has 10 nitrogen and oxygen atoms in total. The fourth-order valence-corrected chi connectivity index (χ4v) is 6.50. The summed E-state index contributed by atoms with van der Waals surface area (Å²) in [7, 11) is 0. The number of nitrogens with one attached hydrogen (secondary N) is 1. The van der Waals surface area contributed by atoms with E-state index in [1.54, 1.807) is 11.0 Å². The van der Waals surface area contributed by atoms with E-state index >= 15 is 0 Å². The lowest BCUT2D eigenvalue weighted by Crippen LogP contribution is -2.52. The van der Waals surface area contributed by atoms with E-state index in [1.807, 2.05) is 18.2 Å². The summed E-state index contributed by atoms with van der Waals surface area (Å²) in [6.45, 7) is 4.39. The number of benzene rings is 2. The molecule has 4 aliphatic rings. The molecule has 41 heavy (non-hydrogen) atoms. The maximum atomic E-state index is 13.0. The van der Waals surface area contributed by atoms with Crippen LogP contribution in [0.5, 0.6) is 5.75 Å². The predicted octanol–water partition coefficient (Wildman–Crippen LogP) is 2.22. The summed E-state index contributed by atoms with van der Waals surface area (Å²) < 4.78 is 6.33. The fourth-order valence-electron chi connectivity index (χ4n) is 6.50. The van der Waals surface area contributed by atoms with E-state index in [0.29, 0.717) is 25.1 Å². The van der Waals surface area contributed by atoms with Gasteiger partial charge in [-0.05, 0) is 72.9 Å². The molecule has 2 N–H and O–H groups in total. The highest BCUT2D eigenvalue weighted by Gasteiger charge is 2.39. The van der Waals surface area contributed by atoms with Gasteiger partial charge < -0.3 is 19.6 Å². The molecule has 0 aliphatic carbocycles. The first-order chi connectivity index (χ1) is 19.9. The Kier molecular flexibility index (Phi) is 6.59. The van der Waals surface area contributed by atoms with Crippen LogP contribution in [0.2, 0.25) is 0 Å². The van der Waals surface area contributed by atoms with E-state index in [1.165, 1.54) is 5.56 Å². The van der Waals surface area contributed by atoms with E-state index in [4.69, 9.17) is 9.72 Å². The van der Waals surface area contributed by atoms with Crippen LogP contribution in [0, 0.1) is 0 Å². The van der Waals surface area contributed by atoms with Gasteiger partial charge in [-0.15, -0.1) is 0 Å². The topological polar surface area (TPSA) is 115 Å². The first kappa shape index (κ1) is 25.9. The summed E-state index contributed by atoms with van der Waals surface area (Å²) in [4.78, 5) is 47.7. The molecule has 4 aliphatic heterocycles. The highest BCUT2D eigenvalue weighted by molar-refractivity contribution is 6.05. The number of hydrogen-bond donors (Lipinski definition) is 2. The number of imide groups is 1. The molecule has 5 heterocycles. The Morgan fingerprint density at radius 2 is 1.88 bits per heavy atom. The molecule has 3 fully saturated rings. The number of carbonyl (C=O) groups is 3. The van der Waals surface area contributed by atoms with E-state index < -0.39 is 11.9 Å². The van der Waals surface area contributed by atoms with Crippen molar-refractivity contribution in [2.75, 3.05) is 31.1 Å². The Hall–Kier alpha value is -4.02. The third kappa shape index (κ3) is 5.13. The Morgan fingerprint density at radius 1 is 0.976 bits per heavy atom. The zero-order chi connectivity index (χ0) is 28.1. The quantitative estimate of drug-likeness (QED) is 0.445. The van der Waals surface area contributed by atoms with Crippen molar-refractivity contribution in [1.29, 1.82) is 0 Å². The summed E-state index contributed by atoms with van der Waals surface area (Å²) in [5, 5.41) is 13.3. The number of aliphatic hydroxyl groups excluding tert-OH is 1. The van der Waals surface area contributed by atoms with Gasteiger partial charge in [-0.3, -0.25) is 24.6 Å². The van der Waals surface area contributed by atoms with Crippen molar-refractivity contribution in [2.45, 2.75) is 57.0 Å². The van der Waals surface area contributed by atoms with Crippen molar-refractivity contribution < 1.29 is 24.2 Å². The number of hydrogen-bond acceptors (Lipinski definition) is 8. The van der Waals surface area contributed by atoms with Crippen LogP contribution in [0.1, 0.15) is 47.2 Å². The molecule has 3 atom stereocenters. The maximum Gasteiger partial charge on any atom is 0.255 e. The number of ether oxygens (including phenoxy) is 1. The summed E-state index contributed by atoms with van der Waals surface area (Å²) in [6, 6.07) is 15.5. The third-order valence-electron chi connectivity index (χ3n) is 8.66. The second-order valence-electron chi connectivity index (χ2n) is 11.6. The Morgan fingerprint density at radius 3 is 2.71 bits per heavy atom. The van der Waals surface area contributed by atoms with Crippen LogP contribution >= 0.6 is 0 Å². The molecule has 0 radical (unpaired) electrons. The van der Waals surface area contributed by atoms with Crippen LogP contribution in [-0.4, -0.2) is 82.0 Å². The van der Waals surface area contributed by atoms with Gasteiger partial charge in [-0.1, -0.05) is 6.07 Å². The van der Waals surface area contributed by atoms with Crippen molar-refractivity contribution in [3.05, 3.63) is 65.2 Å². The molecule has 0 bridgehead atoms. The van der Waals surface area contributed by atoms with Crippen molar-refractivity contribution in [3.63, 3.8) is 0 Å². The third-order valence-corrected chi connectivity index (χ3v) is 8.66. The van der Waals surface area contributed by atoms with Crippen molar-refractivity contribution in [3.8, 4) is 5.75 Å². The van der Waals surface area contributed by atoms with Crippen LogP contribution in [-0.2, 0) is 22.7 Å². The van der Waals surface area contributed by atoms with Crippen LogP contribution in [0.25, 0.3) is 10.9 Å². The van der Waals surface area contributed by atoms with Gasteiger partial charge in [0.15, 0.2) is 0 Å². The molecule has 0 saturated carbocycles. The number of amides is 3. The molecule has 212 valence electrons. The first-order valence-electron chi connectivity index (χ1n) is 14.4. The number of piperidine rings is 1.